The third-order valence-electron chi connectivity index (χ3n) is 7.10. The van der Waals surface area contributed by atoms with Gasteiger partial charge in [0.2, 0.25) is 0 Å². The number of rotatable bonds is 6. The maximum Gasteiger partial charge on any atom is 0.416 e. The van der Waals surface area contributed by atoms with E-state index >= 15 is 0 Å². The summed E-state index contributed by atoms with van der Waals surface area (Å²) in [5, 5.41) is 6.50. The Morgan fingerprint density at radius 1 is 1.05 bits per heavy atom. The minimum Gasteiger partial charge on any atom is -0.363 e. The Labute approximate surface area is 225 Å². The van der Waals surface area contributed by atoms with Crippen LogP contribution in [0.1, 0.15) is 87.2 Å². The van der Waals surface area contributed by atoms with E-state index in [1.807, 2.05) is 37.3 Å². The van der Waals surface area contributed by atoms with E-state index in [0.29, 0.717) is 11.5 Å². The highest BCUT2D eigenvalue weighted by Crippen LogP contribution is 2.37. The number of nitrogens with two attached hydrogens (primary N) is 1. The summed E-state index contributed by atoms with van der Waals surface area (Å²) in [6.07, 6.45) is 4.46. The van der Waals surface area contributed by atoms with Crippen molar-refractivity contribution in [3.8, 4) is 0 Å². The van der Waals surface area contributed by atoms with Gasteiger partial charge >= 0.3 is 6.18 Å². The predicted octanol–water partition coefficient (Wildman–Crippen LogP) is 7.87. The fourth-order valence-corrected chi connectivity index (χ4v) is 5.01. The minimum absolute atomic E-state index is 0.0401. The van der Waals surface area contributed by atoms with Crippen LogP contribution in [0.15, 0.2) is 71.9 Å². The van der Waals surface area contributed by atoms with E-state index in [0.717, 1.165) is 48.6 Å². The molecule has 2 aromatic rings. The number of halogens is 3. The van der Waals surface area contributed by atoms with Crippen LogP contribution < -0.4 is 16.4 Å². The predicted molar refractivity (Wildman–Crippen MR) is 151 cm³/mol. The molecule has 2 aliphatic rings. The Morgan fingerprint density at radius 3 is 2.34 bits per heavy atom. The van der Waals surface area contributed by atoms with Gasteiger partial charge < -0.3 is 16.4 Å². The van der Waals surface area contributed by atoms with Crippen LogP contribution in [0, 0.1) is 12.8 Å². The van der Waals surface area contributed by atoms with Gasteiger partial charge in [-0.15, -0.1) is 0 Å². The Kier molecular flexibility index (Phi) is 10.6. The van der Waals surface area contributed by atoms with Gasteiger partial charge in [0.05, 0.1) is 5.56 Å². The van der Waals surface area contributed by atoms with Crippen molar-refractivity contribution in [1.29, 1.82) is 0 Å². The fraction of sp³-hybridized carbons (Fsp3) is 0.452. The van der Waals surface area contributed by atoms with Crippen LogP contribution >= 0.6 is 0 Å². The largest absolute Gasteiger partial charge is 0.416 e. The van der Waals surface area contributed by atoms with E-state index in [9.17, 15) is 13.2 Å². The van der Waals surface area contributed by atoms with Crippen molar-refractivity contribution in [2.45, 2.75) is 84.1 Å². The normalized spacial score (nSPS) is 21.3. The highest BCUT2D eigenvalue weighted by atomic mass is 19.4. The Hall–Kier alpha value is -3.06. The lowest BCUT2D eigenvalue weighted by molar-refractivity contribution is -0.138. The van der Waals surface area contributed by atoms with Gasteiger partial charge in [-0.25, -0.2) is 4.99 Å². The quantitative estimate of drug-likeness (QED) is 0.359. The molecule has 2 aromatic carbocycles. The molecule has 0 spiro atoms. The maximum absolute atomic E-state index is 13.7. The summed E-state index contributed by atoms with van der Waals surface area (Å²) in [5.74, 6) is 0.509. The van der Waals surface area contributed by atoms with E-state index in [-0.39, 0.29) is 17.5 Å². The van der Waals surface area contributed by atoms with Crippen LogP contribution in [-0.2, 0) is 6.18 Å². The molecular weight excluding hydrogens is 485 g/mol. The van der Waals surface area contributed by atoms with Crippen molar-refractivity contribution < 1.29 is 13.2 Å². The molecule has 0 aromatic heterocycles. The number of benzene rings is 2. The van der Waals surface area contributed by atoms with Crippen molar-refractivity contribution in [3.05, 3.63) is 89.1 Å². The monoisotopic (exact) mass is 526 g/mol. The zero-order chi connectivity index (χ0) is 27.7. The summed E-state index contributed by atoms with van der Waals surface area (Å²) in [6.45, 7) is 10.5. The van der Waals surface area contributed by atoms with Crippen LogP contribution in [0.5, 0.6) is 0 Å². The molecule has 1 aliphatic carbocycles. The van der Waals surface area contributed by atoms with Gasteiger partial charge in [0.25, 0.3) is 0 Å². The Morgan fingerprint density at radius 2 is 1.71 bits per heavy atom. The second-order valence-corrected chi connectivity index (χ2v) is 10.1. The lowest BCUT2D eigenvalue weighted by Crippen LogP contribution is -2.41. The molecule has 0 radical (unpaired) electrons. The smallest absolute Gasteiger partial charge is 0.363 e. The third-order valence-corrected chi connectivity index (χ3v) is 7.10. The first-order valence-corrected chi connectivity index (χ1v) is 13.6. The van der Waals surface area contributed by atoms with Gasteiger partial charge in [-0.1, -0.05) is 95.0 Å². The zero-order valence-corrected chi connectivity index (χ0v) is 22.7. The number of nitrogens with zero attached hydrogens (tertiary/aromatic N) is 1. The number of amidine groups is 1. The highest BCUT2D eigenvalue weighted by molar-refractivity contribution is 6.00. The number of unbranched alkanes of at least 4 members (excludes halogenated alkanes) is 2. The van der Waals surface area contributed by atoms with Gasteiger partial charge in [0.1, 0.15) is 12.0 Å². The molecule has 4 rings (SSSR count). The molecule has 1 fully saturated rings. The molecule has 4 N–H and O–H groups in total. The summed E-state index contributed by atoms with van der Waals surface area (Å²) in [6, 6.07) is 13.3. The molecule has 4 nitrogen and oxygen atoms in total. The van der Waals surface area contributed by atoms with Crippen LogP contribution in [0.4, 0.5) is 13.2 Å². The molecular formula is C31H41F3N4. The van der Waals surface area contributed by atoms with Crippen molar-refractivity contribution in [2.24, 2.45) is 16.6 Å². The van der Waals surface area contributed by atoms with Crippen molar-refractivity contribution in [2.75, 3.05) is 0 Å². The number of hydrogen-bond donors (Lipinski definition) is 3. The first-order chi connectivity index (χ1) is 18.2. The highest BCUT2D eigenvalue weighted by Gasteiger charge is 2.37. The summed E-state index contributed by atoms with van der Waals surface area (Å²) < 4.78 is 41.2. The Balaban J connectivity index is 0.000000732. The lowest BCUT2D eigenvalue weighted by Gasteiger charge is -2.35. The van der Waals surface area contributed by atoms with E-state index in [4.69, 9.17) is 5.73 Å². The number of alkyl halides is 3. The number of aliphatic imine (C=N–C) groups is 1. The van der Waals surface area contributed by atoms with Crippen LogP contribution in [0.3, 0.4) is 0 Å². The van der Waals surface area contributed by atoms with E-state index in [1.165, 1.54) is 31.4 Å². The number of nitrogens with one attached hydrogen (secondary N) is 2. The average Bonchev–Trinajstić information content (AvgIpc) is 2.89. The number of hydrogen-bond acceptors (Lipinski definition) is 4. The van der Waals surface area contributed by atoms with Crippen LogP contribution in [-0.4, -0.2) is 11.9 Å². The maximum atomic E-state index is 13.7. The summed E-state index contributed by atoms with van der Waals surface area (Å²) in [7, 11) is 0. The standard InChI is InChI=1S/C26H29F3N4.C5H12/c1-16-9-3-4-10-18(16)17(2)31-24-15-23(20-12-6-8-14-22(20)30)32-25(33-24)19-11-5-7-13-21(19)26(27,28)29;1-3-5-4-2/h3-5,7,9-11,13,15,20,22,25,32H,2,6,8,12,14,30H2,1H3,(H,31,33);3-5H2,1-2H3. The molecule has 7 heteroatoms. The van der Waals surface area contributed by atoms with Gasteiger partial charge in [0.15, 0.2) is 0 Å². The SMILES string of the molecule is C=C(NC1=NC(c2ccccc2C(F)(F)F)NC(C2CCCCC2N)=C1)c1ccccc1C.CCCCC. The van der Waals surface area contributed by atoms with E-state index in [1.54, 1.807) is 6.07 Å². The molecule has 0 amide bonds. The van der Waals surface area contributed by atoms with Gasteiger partial charge in [0, 0.05) is 34.5 Å². The molecule has 206 valence electrons. The third kappa shape index (κ3) is 7.73. The van der Waals surface area contributed by atoms with Crippen LogP contribution in [0.2, 0.25) is 0 Å². The van der Waals surface area contributed by atoms with Gasteiger partial charge in [-0.3, -0.25) is 0 Å². The second-order valence-electron chi connectivity index (χ2n) is 10.1. The average molecular weight is 527 g/mol. The Bertz CT molecular complexity index is 1130. The van der Waals surface area contributed by atoms with Crippen molar-refractivity contribution in [3.63, 3.8) is 0 Å². The van der Waals surface area contributed by atoms with Gasteiger partial charge in [-0.2, -0.15) is 13.2 Å². The number of aryl methyl sites for hydroxylation is 1. The molecule has 0 bridgehead atoms. The first kappa shape index (κ1) is 29.5. The topological polar surface area (TPSA) is 62.4 Å². The lowest BCUT2D eigenvalue weighted by atomic mass is 9.82. The van der Waals surface area contributed by atoms with Crippen molar-refractivity contribution >= 4 is 11.5 Å². The molecule has 1 heterocycles. The van der Waals surface area contributed by atoms with Crippen molar-refractivity contribution in [1.82, 2.24) is 10.6 Å². The first-order valence-electron chi connectivity index (χ1n) is 13.6. The molecule has 38 heavy (non-hydrogen) atoms. The molecule has 0 saturated heterocycles. The molecule has 3 atom stereocenters. The van der Waals surface area contributed by atoms with Crippen LogP contribution in [0.25, 0.3) is 5.70 Å². The zero-order valence-electron chi connectivity index (χ0n) is 22.7. The molecule has 1 aliphatic heterocycles. The fourth-order valence-electron chi connectivity index (χ4n) is 5.01. The van der Waals surface area contributed by atoms with E-state index in [2.05, 4.69) is 36.1 Å². The summed E-state index contributed by atoms with van der Waals surface area (Å²) in [4.78, 5) is 4.61. The summed E-state index contributed by atoms with van der Waals surface area (Å²) >= 11 is 0. The molecule has 1 saturated carbocycles. The van der Waals surface area contributed by atoms with Gasteiger partial charge in [-0.05, 0) is 37.5 Å². The van der Waals surface area contributed by atoms with E-state index < -0.39 is 17.9 Å². The summed E-state index contributed by atoms with van der Waals surface area (Å²) in [5.41, 5.74) is 9.23. The molecule has 3 unspecified atom stereocenters. The minimum atomic E-state index is -4.48. The second kappa shape index (κ2) is 13.7.